The Bertz CT molecular complexity index is 524. The summed E-state index contributed by atoms with van der Waals surface area (Å²) in [7, 11) is 1.96. The number of piperidine rings is 1. The summed E-state index contributed by atoms with van der Waals surface area (Å²) in [4.78, 5) is 21.0. The molecule has 2 aliphatic rings. The van der Waals surface area contributed by atoms with Gasteiger partial charge in [0, 0.05) is 31.5 Å². The van der Waals surface area contributed by atoms with E-state index in [2.05, 4.69) is 28.9 Å². The number of aromatic nitrogens is 2. The quantitative estimate of drug-likeness (QED) is 0.833. The van der Waals surface area contributed by atoms with Crippen molar-refractivity contribution in [2.45, 2.75) is 58.0 Å². The van der Waals surface area contributed by atoms with E-state index in [1.807, 2.05) is 11.9 Å². The minimum absolute atomic E-state index is 0.286. The van der Waals surface area contributed by atoms with Crippen molar-refractivity contribution in [1.29, 1.82) is 0 Å². The van der Waals surface area contributed by atoms with Crippen molar-refractivity contribution < 1.29 is 9.32 Å². The number of carbonyl (C=O) groups is 1. The smallest absolute Gasteiger partial charge is 0.240 e. The van der Waals surface area contributed by atoms with E-state index in [0.29, 0.717) is 30.3 Å². The van der Waals surface area contributed by atoms with Gasteiger partial charge in [-0.05, 0) is 32.2 Å². The molecule has 1 aromatic heterocycles. The van der Waals surface area contributed by atoms with E-state index in [9.17, 15) is 4.79 Å². The predicted molar refractivity (Wildman–Crippen MR) is 82.2 cm³/mol. The average Bonchev–Trinajstić information content (AvgIpc) is 3.25. The monoisotopic (exact) mass is 306 g/mol. The van der Waals surface area contributed by atoms with Crippen molar-refractivity contribution in [2.24, 2.45) is 5.92 Å². The Balaban J connectivity index is 1.56. The lowest BCUT2D eigenvalue weighted by Gasteiger charge is -2.37. The number of rotatable bonds is 5. The van der Waals surface area contributed by atoms with Gasteiger partial charge in [-0.1, -0.05) is 19.0 Å². The second-order valence-corrected chi connectivity index (χ2v) is 6.96. The molecule has 122 valence electrons. The van der Waals surface area contributed by atoms with Crippen LogP contribution in [0.1, 0.15) is 57.2 Å². The minimum atomic E-state index is 0.286. The molecule has 2 heterocycles. The number of hydrogen-bond acceptors (Lipinski definition) is 5. The van der Waals surface area contributed by atoms with Crippen LogP contribution in [-0.2, 0) is 11.3 Å². The van der Waals surface area contributed by atoms with E-state index >= 15 is 0 Å². The van der Waals surface area contributed by atoms with Gasteiger partial charge in [0.2, 0.25) is 11.8 Å². The van der Waals surface area contributed by atoms with Crippen LogP contribution in [-0.4, -0.2) is 52.0 Å². The fourth-order valence-electron chi connectivity index (χ4n) is 3.05. The summed E-state index contributed by atoms with van der Waals surface area (Å²) in [6.07, 6.45) is 4.34. The zero-order valence-electron chi connectivity index (χ0n) is 13.8. The standard InChI is InChI=1S/C16H26N4O2/c1-11(2)15-17-14(22-18-15)10-20-8-4-5-13(9-20)19(3)16(21)12-6-7-12/h11-13H,4-10H2,1-3H3. The Morgan fingerprint density at radius 1 is 1.41 bits per heavy atom. The van der Waals surface area contributed by atoms with Gasteiger partial charge in [0.25, 0.3) is 0 Å². The van der Waals surface area contributed by atoms with Crippen LogP contribution in [0, 0.1) is 5.92 Å². The van der Waals surface area contributed by atoms with Crippen molar-refractivity contribution in [1.82, 2.24) is 19.9 Å². The Hall–Kier alpha value is -1.43. The van der Waals surface area contributed by atoms with Crippen molar-refractivity contribution in [2.75, 3.05) is 20.1 Å². The van der Waals surface area contributed by atoms with Crippen LogP contribution in [0.25, 0.3) is 0 Å². The van der Waals surface area contributed by atoms with Gasteiger partial charge in [-0.3, -0.25) is 9.69 Å². The molecule has 6 nitrogen and oxygen atoms in total. The summed E-state index contributed by atoms with van der Waals surface area (Å²) in [6, 6.07) is 0.314. The van der Waals surface area contributed by atoms with Crippen LogP contribution in [0.4, 0.5) is 0 Å². The highest BCUT2D eigenvalue weighted by atomic mass is 16.5. The molecule has 1 saturated carbocycles. The SMILES string of the molecule is CC(C)c1noc(CN2CCCC(N(C)C(=O)C3CC3)C2)n1. The molecule has 3 rings (SSSR count). The lowest BCUT2D eigenvalue weighted by molar-refractivity contribution is -0.134. The summed E-state index contributed by atoms with van der Waals surface area (Å²) >= 11 is 0. The van der Waals surface area contributed by atoms with Gasteiger partial charge in [0.15, 0.2) is 5.82 Å². The molecule has 1 aliphatic carbocycles. The second-order valence-electron chi connectivity index (χ2n) is 6.96. The largest absolute Gasteiger partial charge is 0.341 e. The minimum Gasteiger partial charge on any atom is -0.341 e. The summed E-state index contributed by atoms with van der Waals surface area (Å²) < 4.78 is 5.34. The molecule has 1 unspecified atom stereocenters. The normalized spacial score (nSPS) is 23.0. The van der Waals surface area contributed by atoms with Gasteiger partial charge in [-0.15, -0.1) is 0 Å². The number of hydrogen-bond donors (Lipinski definition) is 0. The van der Waals surface area contributed by atoms with Crippen LogP contribution in [0.2, 0.25) is 0 Å². The molecule has 1 atom stereocenters. The van der Waals surface area contributed by atoms with Gasteiger partial charge in [-0.2, -0.15) is 4.98 Å². The number of likely N-dealkylation sites (N-methyl/N-ethyl adjacent to an activating group) is 1. The lowest BCUT2D eigenvalue weighted by atomic mass is 10.0. The van der Waals surface area contributed by atoms with E-state index in [1.165, 1.54) is 0 Å². The summed E-state index contributed by atoms with van der Waals surface area (Å²) in [5.41, 5.74) is 0. The number of likely N-dealkylation sites (tertiary alicyclic amines) is 1. The first-order valence-electron chi connectivity index (χ1n) is 8.36. The molecular weight excluding hydrogens is 280 g/mol. The summed E-state index contributed by atoms with van der Waals surface area (Å²) in [5, 5.41) is 4.02. The Kier molecular flexibility index (Phi) is 4.47. The molecule has 1 saturated heterocycles. The number of nitrogens with zero attached hydrogens (tertiary/aromatic N) is 4. The molecule has 1 aromatic rings. The Morgan fingerprint density at radius 2 is 2.18 bits per heavy atom. The highest BCUT2D eigenvalue weighted by Crippen LogP contribution is 2.32. The third kappa shape index (κ3) is 3.48. The molecule has 0 spiro atoms. The summed E-state index contributed by atoms with van der Waals surface area (Å²) in [5.74, 6) is 2.36. The predicted octanol–water partition coefficient (Wildman–Crippen LogP) is 2.03. The fourth-order valence-corrected chi connectivity index (χ4v) is 3.05. The van der Waals surface area contributed by atoms with Crippen LogP contribution in [0.5, 0.6) is 0 Å². The molecule has 0 N–H and O–H groups in total. The Morgan fingerprint density at radius 3 is 2.82 bits per heavy atom. The molecule has 22 heavy (non-hydrogen) atoms. The zero-order valence-corrected chi connectivity index (χ0v) is 13.8. The van der Waals surface area contributed by atoms with Crippen molar-refractivity contribution in [3.8, 4) is 0 Å². The van der Waals surface area contributed by atoms with Gasteiger partial charge < -0.3 is 9.42 Å². The molecule has 0 aromatic carbocycles. The highest BCUT2D eigenvalue weighted by molar-refractivity contribution is 5.81. The van der Waals surface area contributed by atoms with Crippen LogP contribution >= 0.6 is 0 Å². The van der Waals surface area contributed by atoms with Gasteiger partial charge in [0.1, 0.15) is 0 Å². The first-order chi connectivity index (χ1) is 10.5. The van der Waals surface area contributed by atoms with E-state index in [1.54, 1.807) is 0 Å². The molecule has 0 bridgehead atoms. The third-order valence-electron chi connectivity index (χ3n) is 4.66. The van der Waals surface area contributed by atoms with Crippen molar-refractivity contribution in [3.63, 3.8) is 0 Å². The fraction of sp³-hybridized carbons (Fsp3) is 0.812. The van der Waals surface area contributed by atoms with Gasteiger partial charge in [-0.25, -0.2) is 0 Å². The maximum atomic E-state index is 12.2. The van der Waals surface area contributed by atoms with E-state index in [0.717, 1.165) is 44.6 Å². The van der Waals surface area contributed by atoms with E-state index in [4.69, 9.17) is 4.52 Å². The number of carbonyl (C=O) groups excluding carboxylic acids is 1. The molecular formula is C16H26N4O2. The molecule has 1 aliphatic heterocycles. The van der Waals surface area contributed by atoms with Crippen LogP contribution < -0.4 is 0 Å². The maximum Gasteiger partial charge on any atom is 0.240 e. The Labute approximate surface area is 131 Å². The van der Waals surface area contributed by atoms with Crippen LogP contribution in [0.3, 0.4) is 0 Å². The third-order valence-corrected chi connectivity index (χ3v) is 4.66. The second kappa shape index (κ2) is 6.36. The maximum absolute atomic E-state index is 12.2. The zero-order chi connectivity index (χ0) is 15.7. The topological polar surface area (TPSA) is 62.5 Å². The molecule has 6 heteroatoms. The molecule has 1 amide bonds. The first kappa shape index (κ1) is 15.5. The van der Waals surface area contributed by atoms with E-state index in [-0.39, 0.29) is 5.92 Å². The van der Waals surface area contributed by atoms with Gasteiger partial charge in [0.05, 0.1) is 6.54 Å². The lowest BCUT2D eigenvalue weighted by Crippen LogP contribution is -2.48. The highest BCUT2D eigenvalue weighted by Gasteiger charge is 2.35. The van der Waals surface area contributed by atoms with Crippen LogP contribution in [0.15, 0.2) is 4.52 Å². The van der Waals surface area contributed by atoms with E-state index < -0.39 is 0 Å². The first-order valence-corrected chi connectivity index (χ1v) is 8.36. The molecule has 0 radical (unpaired) electrons. The molecule has 2 fully saturated rings. The summed E-state index contributed by atoms with van der Waals surface area (Å²) in [6.45, 7) is 6.73. The van der Waals surface area contributed by atoms with Gasteiger partial charge >= 0.3 is 0 Å². The van der Waals surface area contributed by atoms with Crippen molar-refractivity contribution in [3.05, 3.63) is 11.7 Å². The number of amides is 1. The van der Waals surface area contributed by atoms with Crippen molar-refractivity contribution >= 4 is 5.91 Å². The average molecular weight is 306 g/mol.